The molecule has 0 bridgehead atoms. The van der Waals surface area contributed by atoms with E-state index in [0.717, 1.165) is 17.0 Å². The van der Waals surface area contributed by atoms with Crippen LogP contribution in [0.3, 0.4) is 0 Å². The molecule has 1 unspecified atom stereocenters. The van der Waals surface area contributed by atoms with Crippen molar-refractivity contribution in [3.63, 3.8) is 0 Å². The number of aryl methyl sites for hydroxylation is 1. The van der Waals surface area contributed by atoms with E-state index in [4.69, 9.17) is 22.1 Å². The molecule has 0 amide bonds. The number of halogens is 1. The summed E-state index contributed by atoms with van der Waals surface area (Å²) >= 11 is 5.95. The van der Waals surface area contributed by atoms with E-state index in [1.807, 2.05) is 32.0 Å². The van der Waals surface area contributed by atoms with Gasteiger partial charge in [-0.2, -0.15) is 9.50 Å². The fraction of sp³-hybridized carbons (Fsp3) is 0.214. The molecule has 0 spiro atoms. The van der Waals surface area contributed by atoms with Crippen LogP contribution >= 0.6 is 11.6 Å². The second-order valence-corrected chi connectivity index (χ2v) is 5.16. The van der Waals surface area contributed by atoms with Gasteiger partial charge in [0.15, 0.2) is 0 Å². The van der Waals surface area contributed by atoms with Crippen molar-refractivity contribution in [1.82, 2.24) is 19.6 Å². The Bertz CT molecular complexity index is 801. The second-order valence-electron chi connectivity index (χ2n) is 4.72. The average Bonchev–Trinajstić information content (AvgIpc) is 2.81. The van der Waals surface area contributed by atoms with Gasteiger partial charge in [0, 0.05) is 11.2 Å². The summed E-state index contributed by atoms with van der Waals surface area (Å²) in [5, 5.41) is 4.82. The van der Waals surface area contributed by atoms with Crippen LogP contribution in [0.5, 0.6) is 5.75 Å². The fourth-order valence-electron chi connectivity index (χ4n) is 2.13. The Labute approximate surface area is 126 Å². The fourth-order valence-corrected chi connectivity index (χ4v) is 2.36. The minimum Gasteiger partial charge on any atom is -0.484 e. The number of nitrogens with two attached hydrogens (primary N) is 1. The molecule has 1 atom stereocenters. The molecule has 0 aliphatic heterocycles. The van der Waals surface area contributed by atoms with Crippen LogP contribution in [-0.2, 0) is 0 Å². The maximum atomic E-state index is 5.99. The summed E-state index contributed by atoms with van der Waals surface area (Å²) in [4.78, 5) is 8.16. The van der Waals surface area contributed by atoms with E-state index in [1.54, 1.807) is 16.8 Å². The van der Waals surface area contributed by atoms with Crippen LogP contribution in [0.25, 0.3) is 5.78 Å². The average molecular weight is 304 g/mol. The molecule has 1 aromatic carbocycles. The zero-order valence-electron chi connectivity index (χ0n) is 11.6. The first-order chi connectivity index (χ1) is 10.0. The van der Waals surface area contributed by atoms with Gasteiger partial charge in [0.2, 0.25) is 5.95 Å². The molecule has 2 N–H and O–H groups in total. The summed E-state index contributed by atoms with van der Waals surface area (Å²) in [6, 6.07) is 7.34. The van der Waals surface area contributed by atoms with E-state index in [1.165, 1.54) is 0 Å². The van der Waals surface area contributed by atoms with E-state index in [2.05, 4.69) is 15.1 Å². The van der Waals surface area contributed by atoms with E-state index in [0.29, 0.717) is 10.8 Å². The Morgan fingerprint density at radius 1 is 1.33 bits per heavy atom. The van der Waals surface area contributed by atoms with E-state index in [9.17, 15) is 0 Å². The maximum absolute atomic E-state index is 5.99. The van der Waals surface area contributed by atoms with Gasteiger partial charge in [-0.3, -0.25) is 0 Å². The lowest BCUT2D eigenvalue weighted by Gasteiger charge is -2.17. The predicted molar refractivity (Wildman–Crippen MR) is 80.4 cm³/mol. The highest BCUT2D eigenvalue weighted by Crippen LogP contribution is 2.27. The first kappa shape index (κ1) is 13.6. The molecule has 2 aromatic heterocycles. The second kappa shape index (κ2) is 5.21. The predicted octanol–water partition coefficient (Wildman–Crippen LogP) is 2.81. The van der Waals surface area contributed by atoms with Gasteiger partial charge in [0.25, 0.3) is 5.78 Å². The van der Waals surface area contributed by atoms with Gasteiger partial charge in [0.1, 0.15) is 11.9 Å². The number of anilines is 1. The minimum absolute atomic E-state index is 0.185. The number of nitrogen functional groups attached to an aromatic ring is 1. The molecule has 3 rings (SSSR count). The Morgan fingerprint density at radius 2 is 2.14 bits per heavy atom. The largest absolute Gasteiger partial charge is 0.484 e. The molecule has 2 heterocycles. The molecule has 0 saturated heterocycles. The lowest BCUT2D eigenvalue weighted by Crippen LogP contribution is -2.10. The van der Waals surface area contributed by atoms with E-state index in [-0.39, 0.29) is 12.1 Å². The smallest absolute Gasteiger partial charge is 0.254 e. The quantitative estimate of drug-likeness (QED) is 0.805. The molecule has 108 valence electrons. The van der Waals surface area contributed by atoms with Crippen LogP contribution < -0.4 is 10.5 Å². The molecule has 7 heteroatoms. The van der Waals surface area contributed by atoms with Crippen molar-refractivity contribution in [3.8, 4) is 5.75 Å². The number of hydrogen-bond acceptors (Lipinski definition) is 5. The highest BCUT2D eigenvalue weighted by atomic mass is 35.5. The number of fused-ring (bicyclic) bond motifs is 1. The third-order valence-corrected chi connectivity index (χ3v) is 3.38. The summed E-state index contributed by atoms with van der Waals surface area (Å²) in [6.07, 6.45) is 1.42. The van der Waals surface area contributed by atoms with Crippen molar-refractivity contribution in [1.29, 1.82) is 0 Å². The zero-order chi connectivity index (χ0) is 15.0. The topological polar surface area (TPSA) is 78.3 Å². The summed E-state index contributed by atoms with van der Waals surface area (Å²) in [7, 11) is 0. The van der Waals surface area contributed by atoms with Crippen LogP contribution in [0.2, 0.25) is 5.02 Å². The van der Waals surface area contributed by atoms with Gasteiger partial charge in [-0.05, 0) is 43.7 Å². The Kier molecular flexibility index (Phi) is 3.39. The minimum atomic E-state index is -0.239. The molecular weight excluding hydrogens is 290 g/mol. The molecule has 0 radical (unpaired) electrons. The van der Waals surface area contributed by atoms with Crippen molar-refractivity contribution in [3.05, 3.63) is 46.7 Å². The SMILES string of the molecule is Cc1cc(Cl)ccc1OC(C)c1ccnc2nc(N)nn12. The molecule has 3 aromatic rings. The van der Waals surface area contributed by atoms with Crippen LogP contribution in [0.15, 0.2) is 30.5 Å². The number of aromatic nitrogens is 4. The maximum Gasteiger partial charge on any atom is 0.254 e. The van der Waals surface area contributed by atoms with Crippen LogP contribution in [0.1, 0.15) is 24.3 Å². The molecule has 0 aliphatic rings. The Morgan fingerprint density at radius 3 is 2.90 bits per heavy atom. The lowest BCUT2D eigenvalue weighted by atomic mass is 10.2. The van der Waals surface area contributed by atoms with Gasteiger partial charge in [-0.15, -0.1) is 5.10 Å². The normalized spacial score (nSPS) is 12.5. The molecular formula is C14H14ClN5O. The van der Waals surface area contributed by atoms with Crippen molar-refractivity contribution in [2.24, 2.45) is 0 Å². The summed E-state index contributed by atoms with van der Waals surface area (Å²) in [6.45, 7) is 3.88. The Hall–Kier alpha value is -2.34. The number of ether oxygens (including phenoxy) is 1. The summed E-state index contributed by atoms with van der Waals surface area (Å²) in [5.41, 5.74) is 7.40. The van der Waals surface area contributed by atoms with Crippen molar-refractivity contribution >= 4 is 23.3 Å². The number of rotatable bonds is 3. The van der Waals surface area contributed by atoms with Crippen molar-refractivity contribution in [2.45, 2.75) is 20.0 Å². The first-order valence-electron chi connectivity index (χ1n) is 6.44. The van der Waals surface area contributed by atoms with Gasteiger partial charge in [0.05, 0.1) is 5.69 Å². The number of nitrogens with zero attached hydrogens (tertiary/aromatic N) is 4. The molecule has 21 heavy (non-hydrogen) atoms. The highest BCUT2D eigenvalue weighted by Gasteiger charge is 2.15. The summed E-state index contributed by atoms with van der Waals surface area (Å²) < 4.78 is 7.58. The lowest BCUT2D eigenvalue weighted by molar-refractivity contribution is 0.217. The van der Waals surface area contributed by atoms with Gasteiger partial charge >= 0.3 is 0 Å². The van der Waals surface area contributed by atoms with Crippen molar-refractivity contribution < 1.29 is 4.74 Å². The van der Waals surface area contributed by atoms with E-state index >= 15 is 0 Å². The third kappa shape index (κ3) is 2.62. The zero-order valence-corrected chi connectivity index (χ0v) is 12.4. The van der Waals surface area contributed by atoms with E-state index < -0.39 is 0 Å². The molecule has 0 saturated carbocycles. The number of benzene rings is 1. The highest BCUT2D eigenvalue weighted by molar-refractivity contribution is 6.30. The third-order valence-electron chi connectivity index (χ3n) is 3.14. The van der Waals surface area contributed by atoms with Crippen LogP contribution in [0, 0.1) is 6.92 Å². The first-order valence-corrected chi connectivity index (χ1v) is 6.82. The van der Waals surface area contributed by atoms with Crippen molar-refractivity contribution in [2.75, 3.05) is 5.73 Å². The van der Waals surface area contributed by atoms with Crippen LogP contribution in [0.4, 0.5) is 5.95 Å². The summed E-state index contributed by atoms with van der Waals surface area (Å²) in [5.74, 6) is 1.41. The molecule has 6 nitrogen and oxygen atoms in total. The molecule has 0 fully saturated rings. The Balaban J connectivity index is 1.95. The van der Waals surface area contributed by atoms with Crippen LogP contribution in [-0.4, -0.2) is 19.6 Å². The number of hydrogen-bond donors (Lipinski definition) is 1. The standard InChI is InChI=1S/C14H14ClN5O/c1-8-7-10(15)3-4-12(8)21-9(2)11-5-6-17-14-18-13(16)19-20(11)14/h3-7,9H,1-2H3,(H2,16,19). The van der Waals surface area contributed by atoms with Gasteiger partial charge < -0.3 is 10.5 Å². The molecule has 0 aliphatic carbocycles. The monoisotopic (exact) mass is 303 g/mol. The van der Waals surface area contributed by atoms with Gasteiger partial charge in [-0.25, -0.2) is 4.98 Å². The van der Waals surface area contributed by atoms with Gasteiger partial charge in [-0.1, -0.05) is 11.6 Å².